The summed E-state index contributed by atoms with van der Waals surface area (Å²) < 4.78 is 301. The molecule has 0 fully saturated rings. The van der Waals surface area contributed by atoms with Crippen LogP contribution in [0.25, 0.3) is 0 Å². The van der Waals surface area contributed by atoms with E-state index in [-0.39, 0.29) is 0 Å². The van der Waals surface area contributed by atoms with Crippen LogP contribution in [0.4, 0.5) is 92.2 Å². The van der Waals surface area contributed by atoms with Gasteiger partial charge in [-0.3, -0.25) is 0 Å². The number of sulfonamides is 1. The molecule has 0 bridgehead atoms. The minimum Gasteiger partial charge on any atom is -0.633 e. The first kappa shape index (κ1) is 40.4. The smallest absolute Gasteiger partial charge is 0.460 e. The number of hydrogen-bond donors (Lipinski definition) is 1. The van der Waals surface area contributed by atoms with Gasteiger partial charge in [-0.25, -0.2) is 13.1 Å². The van der Waals surface area contributed by atoms with E-state index >= 15 is 0 Å². The van der Waals surface area contributed by atoms with E-state index in [0.29, 0.717) is 4.72 Å². The lowest BCUT2D eigenvalue weighted by Gasteiger charge is -2.44. The SMILES string of the molecule is C[N+](C)([O-])CCCNS(=O)(=O)C(F)(F)C(F)(F)C(F)(F)C(F)(F)C(F)(F)C(F)(F)C(F)(F)C(F)(F)C(F)(F)C(F)(F)F. The van der Waals surface area contributed by atoms with E-state index < -0.39 is 93.0 Å². The zero-order valence-electron chi connectivity index (χ0n) is 19.6. The van der Waals surface area contributed by atoms with Gasteiger partial charge in [-0.15, -0.1) is 0 Å². The molecule has 0 aliphatic rings. The average molecular weight is 700 g/mol. The molecule has 0 aliphatic heterocycles. The molecule has 0 amide bonds. The van der Waals surface area contributed by atoms with E-state index in [1.165, 1.54) is 0 Å². The molecule has 0 aromatic carbocycles. The normalized spacial score (nSPS) is 16.7. The van der Waals surface area contributed by atoms with E-state index in [1.807, 2.05) is 0 Å². The summed E-state index contributed by atoms with van der Waals surface area (Å²) in [4.78, 5) is 0. The predicted molar refractivity (Wildman–Crippen MR) is 92.5 cm³/mol. The van der Waals surface area contributed by atoms with Crippen molar-refractivity contribution in [3.05, 3.63) is 5.21 Å². The summed E-state index contributed by atoms with van der Waals surface area (Å²) in [7, 11) is -5.92. The van der Waals surface area contributed by atoms with Crippen molar-refractivity contribution in [3.63, 3.8) is 0 Å². The Morgan fingerprint density at radius 3 is 1.05 bits per heavy atom. The summed E-state index contributed by atoms with van der Waals surface area (Å²) in [5, 5.41) is 3.39. The Balaban J connectivity index is 6.92. The molecule has 0 aromatic heterocycles. The molecule has 0 heterocycles. The van der Waals surface area contributed by atoms with E-state index in [9.17, 15) is 106 Å². The van der Waals surface area contributed by atoms with Gasteiger partial charge in [0.2, 0.25) is 0 Å². The number of rotatable bonds is 14. The minimum absolute atomic E-state index is 0.316. The topological polar surface area (TPSA) is 69.2 Å². The van der Waals surface area contributed by atoms with Crippen LogP contribution in [0.1, 0.15) is 6.42 Å². The maximum absolute atomic E-state index is 13.9. The van der Waals surface area contributed by atoms with Gasteiger partial charge in [-0.05, 0) is 0 Å². The zero-order valence-corrected chi connectivity index (χ0v) is 20.5. The maximum Gasteiger partial charge on any atom is 0.460 e. The summed E-state index contributed by atoms with van der Waals surface area (Å²) in [6.45, 7) is -2.37. The van der Waals surface area contributed by atoms with Gasteiger partial charge in [0.25, 0.3) is 10.0 Å². The molecule has 0 atom stereocenters. The Morgan fingerprint density at radius 1 is 0.524 bits per heavy atom. The lowest BCUT2D eigenvalue weighted by molar-refractivity contribution is -0.840. The van der Waals surface area contributed by atoms with Gasteiger partial charge >= 0.3 is 58.8 Å². The highest BCUT2D eigenvalue weighted by molar-refractivity contribution is 7.90. The second-order valence-electron chi connectivity index (χ2n) is 8.66. The monoisotopic (exact) mass is 700 g/mol. The molecule has 0 radical (unpaired) electrons. The van der Waals surface area contributed by atoms with Crippen LogP contribution >= 0.6 is 0 Å². The molecule has 27 heteroatoms. The van der Waals surface area contributed by atoms with Crippen molar-refractivity contribution in [2.24, 2.45) is 0 Å². The Kier molecular flexibility index (Phi) is 10.1. The quantitative estimate of drug-likeness (QED) is 0.103. The predicted octanol–water partition coefficient (Wildman–Crippen LogP) is 6.11. The van der Waals surface area contributed by atoms with Gasteiger partial charge in [0.1, 0.15) is 0 Å². The average Bonchev–Trinajstić information content (AvgIpc) is 2.74. The summed E-state index contributed by atoms with van der Waals surface area (Å²) in [6.07, 6.45) is -9.02. The number of alkyl halides is 21. The fraction of sp³-hybridized carbons (Fsp3) is 1.00. The van der Waals surface area contributed by atoms with Crippen LogP contribution in [0.5, 0.6) is 0 Å². The van der Waals surface area contributed by atoms with Crippen LogP contribution in [-0.2, 0) is 10.0 Å². The highest BCUT2D eigenvalue weighted by atomic mass is 32.2. The minimum atomic E-state index is -9.37. The molecule has 0 aromatic rings. The molecule has 0 aliphatic carbocycles. The summed E-state index contributed by atoms with van der Waals surface area (Å²) in [5.41, 5.74) is 0. The highest BCUT2D eigenvalue weighted by Crippen LogP contribution is 2.66. The third-order valence-electron chi connectivity index (χ3n) is 4.98. The number of halogens is 21. The van der Waals surface area contributed by atoms with Crippen LogP contribution in [0.3, 0.4) is 0 Å². The summed E-state index contributed by atoms with van der Waals surface area (Å²) in [5.74, 6) is -72.4. The molecule has 1 N–H and O–H groups in total. The second kappa shape index (κ2) is 10.5. The molecule has 0 saturated carbocycles. The molecule has 254 valence electrons. The highest BCUT2D eigenvalue weighted by Gasteiger charge is 2.98. The molecular weight excluding hydrogens is 687 g/mol. The first-order valence-electron chi connectivity index (χ1n) is 9.71. The number of nitrogens with one attached hydrogen (secondary N) is 1. The molecule has 0 unspecified atom stereocenters. The van der Waals surface area contributed by atoms with E-state index in [4.69, 9.17) is 0 Å². The Hall–Kier alpha value is -1.64. The number of hydrogen-bond acceptors (Lipinski definition) is 3. The zero-order chi connectivity index (χ0) is 34.8. The second-order valence-corrected chi connectivity index (χ2v) is 10.5. The summed E-state index contributed by atoms with van der Waals surface area (Å²) in [6, 6.07) is 0. The molecule has 0 spiro atoms. The van der Waals surface area contributed by atoms with Crippen LogP contribution in [0, 0.1) is 5.21 Å². The van der Waals surface area contributed by atoms with Gasteiger partial charge in [-0.1, -0.05) is 0 Å². The Morgan fingerprint density at radius 2 is 0.786 bits per heavy atom. The van der Waals surface area contributed by atoms with Crippen LogP contribution in [0.15, 0.2) is 0 Å². The van der Waals surface area contributed by atoms with Gasteiger partial charge in [0, 0.05) is 13.0 Å². The van der Waals surface area contributed by atoms with Gasteiger partial charge in [-0.2, -0.15) is 92.2 Å². The Bertz CT molecular complexity index is 1080. The van der Waals surface area contributed by atoms with Crippen molar-refractivity contribution in [2.75, 3.05) is 27.2 Å². The first-order chi connectivity index (χ1) is 17.7. The third kappa shape index (κ3) is 5.65. The van der Waals surface area contributed by atoms with Crippen molar-refractivity contribution in [1.29, 1.82) is 0 Å². The van der Waals surface area contributed by atoms with Crippen LogP contribution in [0.2, 0.25) is 0 Å². The standard InChI is InChI=1S/C15H13F21N2O3S/c1-38(2,39)5-3-4-37-42(40,41)15(35,36)13(30,31)11(26,27)9(22,23)7(18,19)6(16,17)8(20,21)10(24,25)12(28,29)14(32,33)34/h37H,3-5H2,1-2H3. The maximum atomic E-state index is 13.9. The fourth-order valence-corrected chi connectivity index (χ4v) is 3.53. The van der Waals surface area contributed by atoms with Crippen molar-refractivity contribution < 1.29 is 105 Å². The number of quaternary nitrogens is 1. The van der Waals surface area contributed by atoms with Crippen molar-refractivity contribution in [1.82, 2.24) is 4.72 Å². The van der Waals surface area contributed by atoms with E-state index in [2.05, 4.69) is 0 Å². The number of nitrogens with zero attached hydrogens (tertiary/aromatic N) is 1. The van der Waals surface area contributed by atoms with Gasteiger partial charge < -0.3 is 9.85 Å². The molecular formula is C15H13F21N2O3S. The molecule has 42 heavy (non-hydrogen) atoms. The van der Waals surface area contributed by atoms with Crippen molar-refractivity contribution in [3.8, 4) is 0 Å². The van der Waals surface area contributed by atoms with E-state index in [0.717, 1.165) is 14.1 Å². The molecule has 0 rings (SSSR count). The largest absolute Gasteiger partial charge is 0.633 e. The van der Waals surface area contributed by atoms with Crippen molar-refractivity contribution >= 4 is 10.0 Å². The lowest BCUT2D eigenvalue weighted by atomic mass is 9.87. The first-order valence-corrected chi connectivity index (χ1v) is 11.2. The fourth-order valence-electron chi connectivity index (χ4n) is 2.47. The lowest BCUT2D eigenvalue weighted by Crippen LogP contribution is -2.77. The van der Waals surface area contributed by atoms with E-state index in [1.54, 1.807) is 0 Å². The van der Waals surface area contributed by atoms with Gasteiger partial charge in [0.05, 0.1) is 20.6 Å². The number of hydroxylamine groups is 3. The third-order valence-corrected chi connectivity index (χ3v) is 6.50. The van der Waals surface area contributed by atoms with Crippen molar-refractivity contribution in [2.45, 2.75) is 65.2 Å². The van der Waals surface area contributed by atoms with Crippen LogP contribution in [-0.4, -0.2) is 99.1 Å². The van der Waals surface area contributed by atoms with Crippen LogP contribution < -0.4 is 4.72 Å². The summed E-state index contributed by atoms with van der Waals surface area (Å²) >= 11 is 0. The molecule has 5 nitrogen and oxygen atoms in total. The Labute approximate surface area is 218 Å². The molecule has 0 saturated heterocycles. The van der Waals surface area contributed by atoms with Gasteiger partial charge in [0.15, 0.2) is 0 Å².